The van der Waals surface area contributed by atoms with Crippen molar-refractivity contribution in [1.82, 2.24) is 5.32 Å². The number of benzene rings is 1. The third kappa shape index (κ3) is 3.55. The average Bonchev–Trinajstić information content (AvgIpc) is 3.18. The minimum atomic E-state index is -4.23. The molecule has 2 rings (SSSR count). The van der Waals surface area contributed by atoms with E-state index in [-0.39, 0.29) is 16.5 Å². The maximum Gasteiger partial charge on any atom is 0.264 e. The fraction of sp³-hybridized carbons (Fsp3) is 0.500. The molecule has 0 unspecified atom stereocenters. The molecule has 0 radical (unpaired) electrons. The number of carbonyl (C=O) groups excluding carboxylic acids is 1. The Balaban J connectivity index is 2.24. The van der Waals surface area contributed by atoms with Gasteiger partial charge in [-0.05, 0) is 49.3 Å². The van der Waals surface area contributed by atoms with Crippen molar-refractivity contribution < 1.29 is 17.6 Å². The van der Waals surface area contributed by atoms with Crippen molar-refractivity contribution in [3.63, 3.8) is 0 Å². The molecule has 0 spiro atoms. The van der Waals surface area contributed by atoms with Gasteiger partial charge in [-0.1, -0.05) is 6.92 Å². The number of halogens is 2. The van der Waals surface area contributed by atoms with Crippen LogP contribution in [0.2, 0.25) is 0 Å². The van der Waals surface area contributed by atoms with Crippen LogP contribution in [0.3, 0.4) is 0 Å². The topological polar surface area (TPSA) is 63.2 Å². The zero-order valence-electron chi connectivity index (χ0n) is 11.9. The summed E-state index contributed by atoms with van der Waals surface area (Å²) in [6.07, 6.45) is 3.14. The minimum Gasteiger partial charge on any atom is -0.351 e. The van der Waals surface area contributed by atoms with Crippen molar-refractivity contribution in [2.24, 2.45) is 5.41 Å². The van der Waals surface area contributed by atoms with Gasteiger partial charge < -0.3 is 5.32 Å². The van der Waals surface area contributed by atoms with Crippen molar-refractivity contribution >= 4 is 25.6 Å². The molecule has 4 nitrogen and oxygen atoms in total. The first-order valence-electron chi connectivity index (χ1n) is 6.71. The third-order valence-electron chi connectivity index (χ3n) is 4.08. The maximum atomic E-state index is 13.8. The van der Waals surface area contributed by atoms with Crippen LogP contribution < -0.4 is 5.32 Å². The van der Waals surface area contributed by atoms with E-state index in [2.05, 4.69) is 12.2 Å². The zero-order valence-corrected chi connectivity index (χ0v) is 13.4. The molecule has 0 bridgehead atoms. The second kappa shape index (κ2) is 5.57. The van der Waals surface area contributed by atoms with Crippen molar-refractivity contribution in [3.8, 4) is 0 Å². The number of aryl methyl sites for hydroxylation is 1. The van der Waals surface area contributed by atoms with E-state index in [1.165, 1.54) is 13.0 Å². The molecular weight excluding hydrogens is 317 g/mol. The van der Waals surface area contributed by atoms with Gasteiger partial charge in [0.2, 0.25) is 0 Å². The molecule has 0 atom stereocenters. The molecule has 0 heterocycles. The van der Waals surface area contributed by atoms with Crippen LogP contribution in [0.15, 0.2) is 17.0 Å². The molecule has 1 aliphatic rings. The van der Waals surface area contributed by atoms with E-state index in [4.69, 9.17) is 10.7 Å². The molecule has 1 aromatic rings. The SMILES string of the molecule is CCC1(CNC(=O)c2cc(C)c(F)c(S(=O)(=O)Cl)c2)CC1. The lowest BCUT2D eigenvalue weighted by Gasteiger charge is -2.14. The third-order valence-corrected chi connectivity index (χ3v) is 5.40. The number of hydrogen-bond donors (Lipinski definition) is 1. The second-order valence-corrected chi connectivity index (χ2v) is 8.11. The van der Waals surface area contributed by atoms with E-state index in [1.807, 2.05) is 0 Å². The van der Waals surface area contributed by atoms with Crippen LogP contribution in [0.4, 0.5) is 4.39 Å². The summed E-state index contributed by atoms with van der Waals surface area (Å²) in [6.45, 7) is 4.01. The van der Waals surface area contributed by atoms with Gasteiger partial charge in [0, 0.05) is 22.8 Å². The fourth-order valence-electron chi connectivity index (χ4n) is 2.25. The van der Waals surface area contributed by atoms with Crippen molar-refractivity contribution in [2.45, 2.75) is 38.0 Å². The summed E-state index contributed by atoms with van der Waals surface area (Å²) >= 11 is 0. The minimum absolute atomic E-state index is 0.0681. The van der Waals surface area contributed by atoms with Crippen molar-refractivity contribution in [3.05, 3.63) is 29.1 Å². The van der Waals surface area contributed by atoms with E-state index < -0.39 is 25.7 Å². The Morgan fingerprint density at radius 3 is 2.52 bits per heavy atom. The lowest BCUT2D eigenvalue weighted by atomic mass is 10.0. The van der Waals surface area contributed by atoms with E-state index >= 15 is 0 Å². The van der Waals surface area contributed by atoms with Crippen LogP contribution in [-0.2, 0) is 9.05 Å². The Morgan fingerprint density at radius 2 is 2.05 bits per heavy atom. The predicted octanol–water partition coefficient (Wildman–Crippen LogP) is 2.98. The van der Waals surface area contributed by atoms with Crippen LogP contribution in [0.25, 0.3) is 0 Å². The van der Waals surface area contributed by atoms with Gasteiger partial charge in [-0.2, -0.15) is 0 Å². The average molecular weight is 334 g/mol. The number of nitrogens with one attached hydrogen (secondary N) is 1. The van der Waals surface area contributed by atoms with Crippen molar-refractivity contribution in [2.75, 3.05) is 6.54 Å². The van der Waals surface area contributed by atoms with E-state index in [9.17, 15) is 17.6 Å². The van der Waals surface area contributed by atoms with E-state index in [0.29, 0.717) is 6.54 Å². The molecule has 116 valence electrons. The molecule has 1 aliphatic carbocycles. The summed E-state index contributed by atoms with van der Waals surface area (Å²) in [7, 11) is 0.965. The normalized spacial score (nSPS) is 16.6. The van der Waals surface area contributed by atoms with Crippen LogP contribution >= 0.6 is 10.7 Å². The summed E-state index contributed by atoms with van der Waals surface area (Å²) in [4.78, 5) is 11.4. The van der Waals surface area contributed by atoms with Gasteiger partial charge in [-0.3, -0.25) is 4.79 Å². The number of carbonyl (C=O) groups is 1. The summed E-state index contributed by atoms with van der Waals surface area (Å²) in [5, 5.41) is 2.78. The van der Waals surface area contributed by atoms with Crippen molar-refractivity contribution in [1.29, 1.82) is 0 Å². The van der Waals surface area contributed by atoms with Crippen LogP contribution in [0.5, 0.6) is 0 Å². The van der Waals surface area contributed by atoms with Gasteiger partial charge in [-0.15, -0.1) is 0 Å². The maximum absolute atomic E-state index is 13.8. The fourth-order valence-corrected chi connectivity index (χ4v) is 3.23. The quantitative estimate of drug-likeness (QED) is 0.842. The largest absolute Gasteiger partial charge is 0.351 e. The Hall–Kier alpha value is -1.14. The predicted molar refractivity (Wildman–Crippen MR) is 78.5 cm³/mol. The Kier molecular flexibility index (Phi) is 4.31. The summed E-state index contributed by atoms with van der Waals surface area (Å²) < 4.78 is 36.5. The number of rotatable bonds is 5. The molecule has 1 N–H and O–H groups in total. The second-order valence-electron chi connectivity index (χ2n) is 5.58. The standard InChI is InChI=1S/C14H17ClFNO3S/c1-3-14(4-5-14)8-17-13(18)10-6-9(2)12(16)11(7-10)21(15,19)20/h6-7H,3-5,8H2,1-2H3,(H,17,18). The number of hydrogen-bond acceptors (Lipinski definition) is 3. The van der Waals surface area contributed by atoms with Gasteiger partial charge in [0.1, 0.15) is 10.7 Å². The Bertz CT molecular complexity index is 684. The lowest BCUT2D eigenvalue weighted by molar-refractivity contribution is 0.0944. The summed E-state index contributed by atoms with van der Waals surface area (Å²) in [5.41, 5.74) is 0.338. The van der Waals surface area contributed by atoms with Gasteiger partial charge in [-0.25, -0.2) is 12.8 Å². The molecule has 0 saturated heterocycles. The lowest BCUT2D eigenvalue weighted by Crippen LogP contribution is -2.30. The molecule has 1 aromatic carbocycles. The zero-order chi connectivity index (χ0) is 15.8. The first-order valence-corrected chi connectivity index (χ1v) is 9.02. The first kappa shape index (κ1) is 16.2. The molecule has 0 aliphatic heterocycles. The highest BCUT2D eigenvalue weighted by Gasteiger charge is 2.40. The molecule has 1 amide bonds. The van der Waals surface area contributed by atoms with Gasteiger partial charge in [0.05, 0.1) is 0 Å². The molecule has 1 saturated carbocycles. The monoisotopic (exact) mass is 333 g/mol. The van der Waals surface area contributed by atoms with E-state index in [0.717, 1.165) is 25.3 Å². The van der Waals surface area contributed by atoms with Gasteiger partial charge >= 0.3 is 0 Å². The van der Waals surface area contributed by atoms with Crippen LogP contribution in [-0.4, -0.2) is 20.9 Å². The van der Waals surface area contributed by atoms with Crippen LogP contribution in [0.1, 0.15) is 42.1 Å². The highest BCUT2D eigenvalue weighted by atomic mass is 35.7. The van der Waals surface area contributed by atoms with Gasteiger partial charge in [0.15, 0.2) is 0 Å². The Morgan fingerprint density at radius 1 is 1.43 bits per heavy atom. The summed E-state index contributed by atoms with van der Waals surface area (Å²) in [6, 6.07) is 2.30. The molecule has 7 heteroatoms. The van der Waals surface area contributed by atoms with Gasteiger partial charge in [0.25, 0.3) is 15.0 Å². The molecule has 0 aromatic heterocycles. The highest BCUT2D eigenvalue weighted by Crippen LogP contribution is 2.47. The molecule has 1 fully saturated rings. The molecule has 21 heavy (non-hydrogen) atoms. The number of amides is 1. The highest BCUT2D eigenvalue weighted by molar-refractivity contribution is 8.13. The van der Waals surface area contributed by atoms with E-state index in [1.54, 1.807) is 0 Å². The smallest absolute Gasteiger partial charge is 0.264 e. The summed E-state index contributed by atoms with van der Waals surface area (Å²) in [5.74, 6) is -1.34. The van der Waals surface area contributed by atoms with Crippen LogP contribution in [0, 0.1) is 18.2 Å². The molecular formula is C14H17ClFNO3S. The first-order chi connectivity index (χ1) is 9.68. The Labute approximate surface area is 128 Å².